The molecular formula is C21H23ClN4O2S. The molecule has 1 aromatic carbocycles. The van der Waals surface area contributed by atoms with Gasteiger partial charge >= 0.3 is 6.09 Å². The van der Waals surface area contributed by atoms with Crippen molar-refractivity contribution in [1.29, 1.82) is 0 Å². The van der Waals surface area contributed by atoms with Crippen molar-refractivity contribution in [2.45, 2.75) is 19.5 Å². The molecule has 1 fully saturated rings. The summed E-state index contributed by atoms with van der Waals surface area (Å²) in [4.78, 5) is 19.8. The van der Waals surface area contributed by atoms with Gasteiger partial charge in [-0.3, -0.25) is 0 Å². The van der Waals surface area contributed by atoms with Crippen molar-refractivity contribution in [2.75, 3.05) is 31.0 Å². The highest BCUT2D eigenvalue weighted by atomic mass is 35.5. The minimum Gasteiger partial charge on any atom is -0.449 e. The molecule has 0 saturated carbocycles. The smallest absolute Gasteiger partial charge is 0.425 e. The molecular weight excluding hydrogens is 408 g/mol. The molecule has 3 heterocycles. The SMILES string of the molecule is CCOC(=O)N1NCN2C3=S(C)C4=C(CC=C4)C3=CN(c3ccccc3Cl)CC21. The largest absolute Gasteiger partial charge is 0.449 e. The van der Waals surface area contributed by atoms with Crippen LogP contribution in [0.4, 0.5) is 10.5 Å². The van der Waals surface area contributed by atoms with E-state index < -0.39 is 0 Å². The lowest BCUT2D eigenvalue weighted by Crippen LogP contribution is -2.50. The summed E-state index contributed by atoms with van der Waals surface area (Å²) >= 11 is 6.55. The number of allylic oxidation sites excluding steroid dienone is 2. The summed E-state index contributed by atoms with van der Waals surface area (Å²) in [5.41, 5.74) is 6.82. The quantitative estimate of drug-likeness (QED) is 0.722. The van der Waals surface area contributed by atoms with Crippen molar-refractivity contribution in [3.8, 4) is 0 Å². The third-order valence-electron chi connectivity index (χ3n) is 5.67. The Kier molecular flexibility index (Phi) is 4.78. The Bertz CT molecular complexity index is 1020. The van der Waals surface area contributed by atoms with Gasteiger partial charge in [-0.05, 0) is 37.3 Å². The van der Waals surface area contributed by atoms with Crippen LogP contribution in [0.15, 0.2) is 58.7 Å². The minimum atomic E-state index is -0.350. The predicted molar refractivity (Wildman–Crippen MR) is 119 cm³/mol. The van der Waals surface area contributed by atoms with Crippen LogP contribution < -0.4 is 10.3 Å². The van der Waals surface area contributed by atoms with Crippen LogP contribution in [0.1, 0.15) is 13.3 Å². The summed E-state index contributed by atoms with van der Waals surface area (Å²) in [5, 5.41) is 2.31. The first kappa shape index (κ1) is 18.9. The Labute approximate surface area is 177 Å². The summed E-state index contributed by atoms with van der Waals surface area (Å²) in [6, 6.07) is 7.85. The monoisotopic (exact) mass is 430 g/mol. The van der Waals surface area contributed by atoms with Crippen molar-refractivity contribution in [3.63, 3.8) is 0 Å². The number of benzene rings is 1. The van der Waals surface area contributed by atoms with Crippen LogP contribution in [0.2, 0.25) is 5.02 Å². The summed E-state index contributed by atoms with van der Waals surface area (Å²) in [6.45, 7) is 3.34. The second-order valence-electron chi connectivity index (χ2n) is 7.25. The number of rotatable bonds is 2. The van der Waals surface area contributed by atoms with Crippen molar-refractivity contribution in [1.82, 2.24) is 15.3 Å². The number of anilines is 1. The Morgan fingerprint density at radius 1 is 1.38 bits per heavy atom. The van der Waals surface area contributed by atoms with Gasteiger partial charge in [-0.25, -0.2) is 20.1 Å². The average Bonchev–Trinajstić information content (AvgIpc) is 3.37. The molecule has 0 bridgehead atoms. The average molecular weight is 431 g/mol. The zero-order chi connectivity index (χ0) is 20.1. The van der Waals surface area contributed by atoms with Gasteiger partial charge in [0.15, 0.2) is 0 Å². The van der Waals surface area contributed by atoms with E-state index >= 15 is 0 Å². The zero-order valence-corrected chi connectivity index (χ0v) is 18.0. The van der Waals surface area contributed by atoms with E-state index in [-0.39, 0.29) is 22.7 Å². The number of carbonyl (C=O) groups is 1. The molecule has 5 rings (SSSR count). The van der Waals surface area contributed by atoms with E-state index in [2.05, 4.69) is 39.8 Å². The van der Waals surface area contributed by atoms with E-state index in [9.17, 15) is 4.79 Å². The normalized spacial score (nSPS) is 25.8. The van der Waals surface area contributed by atoms with E-state index in [1.54, 1.807) is 5.01 Å². The molecule has 0 aromatic heterocycles. The van der Waals surface area contributed by atoms with E-state index in [1.165, 1.54) is 21.0 Å². The summed E-state index contributed by atoms with van der Waals surface area (Å²) in [7, 11) is -0.0364. The molecule has 1 saturated heterocycles. The van der Waals surface area contributed by atoms with E-state index in [0.717, 1.165) is 12.1 Å². The molecule has 2 unspecified atom stereocenters. The highest BCUT2D eigenvalue weighted by molar-refractivity contribution is 8.19. The minimum absolute atomic E-state index is 0.0364. The number of halogens is 1. The maximum absolute atomic E-state index is 12.6. The molecule has 0 spiro atoms. The number of hydrogen-bond donors (Lipinski definition) is 1. The van der Waals surface area contributed by atoms with Gasteiger partial charge in [-0.15, -0.1) is 10.5 Å². The summed E-state index contributed by atoms with van der Waals surface area (Å²) in [6.07, 6.45) is 9.40. The number of ether oxygens (including phenoxy) is 1. The number of nitrogens with one attached hydrogen (secondary N) is 1. The van der Waals surface area contributed by atoms with Crippen molar-refractivity contribution in [2.24, 2.45) is 0 Å². The van der Waals surface area contributed by atoms with Gasteiger partial charge < -0.3 is 9.64 Å². The molecule has 1 N–H and O–H groups in total. The lowest BCUT2D eigenvalue weighted by molar-refractivity contribution is 0.0781. The van der Waals surface area contributed by atoms with Gasteiger partial charge in [-0.1, -0.05) is 35.9 Å². The Morgan fingerprint density at radius 2 is 2.21 bits per heavy atom. The summed E-state index contributed by atoms with van der Waals surface area (Å²) < 4.78 is 5.30. The molecule has 3 aliphatic heterocycles. The van der Waals surface area contributed by atoms with E-state index in [1.807, 2.05) is 31.2 Å². The van der Waals surface area contributed by atoms with Crippen LogP contribution in [-0.2, 0) is 4.74 Å². The first-order valence-corrected chi connectivity index (χ1v) is 11.7. The van der Waals surface area contributed by atoms with Crippen molar-refractivity contribution < 1.29 is 9.53 Å². The lowest BCUT2D eigenvalue weighted by atomic mass is 10.1. The molecule has 6 nitrogen and oxygen atoms in total. The third kappa shape index (κ3) is 2.95. The van der Waals surface area contributed by atoms with E-state index in [4.69, 9.17) is 16.3 Å². The van der Waals surface area contributed by atoms with Crippen LogP contribution in [0.5, 0.6) is 0 Å². The zero-order valence-electron chi connectivity index (χ0n) is 16.4. The fourth-order valence-corrected chi connectivity index (χ4v) is 6.74. The highest BCUT2D eigenvalue weighted by Gasteiger charge is 2.45. The van der Waals surface area contributed by atoms with Crippen molar-refractivity contribution in [3.05, 3.63) is 63.7 Å². The van der Waals surface area contributed by atoms with Crippen LogP contribution in [0.3, 0.4) is 0 Å². The lowest BCUT2D eigenvalue weighted by Gasteiger charge is -2.31. The number of carbonyl (C=O) groups excluding carboxylic acids is 1. The topological polar surface area (TPSA) is 48.1 Å². The first-order valence-electron chi connectivity index (χ1n) is 9.72. The number of para-hydroxylation sites is 1. The number of hydrazine groups is 1. The number of hydrogen-bond acceptors (Lipinski definition) is 5. The molecule has 29 heavy (non-hydrogen) atoms. The third-order valence-corrected chi connectivity index (χ3v) is 8.06. The van der Waals surface area contributed by atoms with Gasteiger partial charge in [0.05, 0.1) is 35.5 Å². The number of fused-ring (bicyclic) bond motifs is 4. The number of nitrogens with zero attached hydrogens (tertiary/aromatic N) is 3. The second-order valence-corrected chi connectivity index (χ2v) is 9.50. The molecule has 4 aliphatic rings. The van der Waals surface area contributed by atoms with Crippen LogP contribution in [0, 0.1) is 0 Å². The number of amides is 1. The highest BCUT2D eigenvalue weighted by Crippen LogP contribution is 2.48. The predicted octanol–water partition coefficient (Wildman–Crippen LogP) is 3.86. The fourth-order valence-electron chi connectivity index (χ4n) is 4.38. The maximum Gasteiger partial charge on any atom is 0.425 e. The van der Waals surface area contributed by atoms with E-state index in [0.29, 0.717) is 24.8 Å². The molecule has 2 atom stereocenters. The Balaban J connectivity index is 1.63. The molecule has 152 valence electrons. The van der Waals surface area contributed by atoms with Gasteiger partial charge in [0.2, 0.25) is 0 Å². The molecule has 0 radical (unpaired) electrons. The van der Waals surface area contributed by atoms with Gasteiger partial charge in [-0.2, -0.15) is 0 Å². The van der Waals surface area contributed by atoms with Crippen molar-refractivity contribution >= 4 is 38.9 Å². The first-order chi connectivity index (χ1) is 14.1. The van der Waals surface area contributed by atoms with Gasteiger partial charge in [0, 0.05) is 16.7 Å². The molecule has 1 aliphatic carbocycles. The summed E-state index contributed by atoms with van der Waals surface area (Å²) in [5.74, 6) is 0. The standard InChI is InChI=1S/C21H23ClN4O2S/c1-3-28-21(27)26-19-12-24(17-9-5-4-8-16(17)22)11-15-14-7-6-10-18(14)29(2)20(15)25(19)13-23-26/h4-6,8-11,19,23H,3,7,12-13H2,1-2H3. The molecule has 1 amide bonds. The Morgan fingerprint density at radius 3 is 3.00 bits per heavy atom. The van der Waals surface area contributed by atoms with Crippen LogP contribution in [0.25, 0.3) is 0 Å². The van der Waals surface area contributed by atoms with Crippen LogP contribution in [-0.4, -0.2) is 53.2 Å². The Hall–Kier alpha value is -2.06. The fraction of sp³-hybridized carbons (Fsp3) is 0.333. The molecule has 1 aromatic rings. The van der Waals surface area contributed by atoms with Gasteiger partial charge in [0.25, 0.3) is 0 Å². The second kappa shape index (κ2) is 7.32. The maximum atomic E-state index is 12.6. The van der Waals surface area contributed by atoms with Gasteiger partial charge in [0.1, 0.15) is 6.17 Å². The van der Waals surface area contributed by atoms with Crippen LogP contribution >= 0.6 is 22.1 Å². The molecule has 8 heteroatoms.